The van der Waals surface area contributed by atoms with Crippen molar-refractivity contribution in [3.63, 3.8) is 0 Å². The Bertz CT molecular complexity index is 1380. The minimum atomic E-state index is -1.08. The number of nitrogens with zero attached hydrogens (tertiary/aromatic N) is 5. The molecule has 3 aliphatic rings. The van der Waals surface area contributed by atoms with Crippen LogP contribution in [0.25, 0.3) is 0 Å². The van der Waals surface area contributed by atoms with Gasteiger partial charge in [-0.25, -0.2) is 9.59 Å². The van der Waals surface area contributed by atoms with Crippen LogP contribution in [0.1, 0.15) is 35.2 Å². The number of urea groups is 1. The van der Waals surface area contributed by atoms with Gasteiger partial charge in [-0.05, 0) is 61.4 Å². The number of nitro groups is 1. The highest BCUT2D eigenvalue weighted by Gasteiger charge is 2.51. The highest BCUT2D eigenvalue weighted by atomic mass is 35.5. The van der Waals surface area contributed by atoms with Crippen LogP contribution in [0, 0.1) is 21.8 Å². The largest absolute Gasteiger partial charge is 0.434 e. The van der Waals surface area contributed by atoms with Crippen molar-refractivity contribution in [2.24, 2.45) is 5.92 Å². The molecule has 2 aromatic rings. The van der Waals surface area contributed by atoms with Gasteiger partial charge in [0.2, 0.25) is 5.82 Å². The van der Waals surface area contributed by atoms with E-state index in [2.05, 4.69) is 0 Å². The Kier molecular flexibility index (Phi) is 8.06. The highest BCUT2D eigenvalue weighted by Crippen LogP contribution is 2.27. The lowest BCUT2D eigenvalue weighted by Crippen LogP contribution is -2.54. The van der Waals surface area contributed by atoms with Crippen LogP contribution in [-0.2, 0) is 16.1 Å². The molecule has 216 valence electrons. The van der Waals surface area contributed by atoms with Crippen LogP contribution >= 0.6 is 11.6 Å². The average Bonchev–Trinajstić information content (AvgIpc) is 3.21. The van der Waals surface area contributed by atoms with Crippen molar-refractivity contribution in [2.75, 3.05) is 32.7 Å². The summed E-state index contributed by atoms with van der Waals surface area (Å²) in [6, 6.07) is 8.62. The summed E-state index contributed by atoms with van der Waals surface area (Å²) in [6.07, 6.45) is 2.59. The van der Waals surface area contributed by atoms with Crippen LogP contribution in [0.4, 0.5) is 19.7 Å². The molecule has 3 heterocycles. The summed E-state index contributed by atoms with van der Waals surface area (Å²) in [7, 11) is 0. The number of likely N-dealkylation sites (tertiary alicyclic amines) is 1. The minimum Gasteiger partial charge on any atom is -0.334 e. The fraction of sp³-hybridized carbons (Fsp3) is 0.407. The number of piperidine rings is 1. The van der Waals surface area contributed by atoms with Crippen LogP contribution in [0.15, 0.2) is 42.5 Å². The second kappa shape index (κ2) is 11.7. The Hall–Kier alpha value is -4.26. The summed E-state index contributed by atoms with van der Waals surface area (Å²) in [5.41, 5.74) is 0.228. The summed E-state index contributed by atoms with van der Waals surface area (Å²) < 4.78 is 13.7. The van der Waals surface area contributed by atoms with Gasteiger partial charge in [0.25, 0.3) is 11.8 Å². The smallest absolute Gasteiger partial charge is 0.334 e. The number of hydroxylamine groups is 2. The maximum Gasteiger partial charge on any atom is 0.434 e. The van der Waals surface area contributed by atoms with E-state index in [1.54, 1.807) is 0 Å². The first kappa shape index (κ1) is 28.3. The standard InChI is InChI=1S/C27H27ClFN5O7/c28-20-6-3-17(4-7-20)1-2-18-9-11-30(12-10-18)27(38)41-33-25(36)23-16-31(13-14-32(23)26(33)37)24(35)19-5-8-21(29)22(15-19)34(39)40/h3-8,15,18,23H,1-2,9-14,16H2. The predicted octanol–water partition coefficient (Wildman–Crippen LogP) is 3.87. The van der Waals surface area contributed by atoms with Gasteiger partial charge in [-0.15, -0.1) is 0 Å². The van der Waals surface area contributed by atoms with Gasteiger partial charge in [-0.2, -0.15) is 4.39 Å². The predicted molar refractivity (Wildman–Crippen MR) is 142 cm³/mol. The second-order valence-corrected chi connectivity index (χ2v) is 10.7. The lowest BCUT2D eigenvalue weighted by atomic mass is 9.91. The van der Waals surface area contributed by atoms with Crippen molar-refractivity contribution in [3.8, 4) is 0 Å². The zero-order chi connectivity index (χ0) is 29.3. The number of fused-ring (bicyclic) bond motifs is 1. The van der Waals surface area contributed by atoms with Crippen LogP contribution in [0.5, 0.6) is 0 Å². The van der Waals surface area contributed by atoms with Gasteiger partial charge in [0, 0.05) is 42.8 Å². The Morgan fingerprint density at radius 2 is 1.73 bits per heavy atom. The van der Waals surface area contributed by atoms with Gasteiger partial charge in [-0.3, -0.25) is 19.7 Å². The first-order chi connectivity index (χ1) is 19.6. The number of benzene rings is 2. The van der Waals surface area contributed by atoms with Crippen LogP contribution < -0.4 is 0 Å². The number of carbonyl (C=O) groups excluding carboxylic acids is 4. The molecule has 0 aliphatic carbocycles. The van der Waals surface area contributed by atoms with E-state index in [1.807, 2.05) is 24.3 Å². The highest BCUT2D eigenvalue weighted by molar-refractivity contribution is 6.30. The van der Waals surface area contributed by atoms with Crippen molar-refractivity contribution in [2.45, 2.75) is 31.7 Å². The first-order valence-corrected chi connectivity index (χ1v) is 13.6. The van der Waals surface area contributed by atoms with Gasteiger partial charge >= 0.3 is 17.8 Å². The van der Waals surface area contributed by atoms with Crippen LogP contribution in [-0.4, -0.2) is 87.4 Å². The van der Waals surface area contributed by atoms with E-state index in [0.717, 1.165) is 43.9 Å². The third kappa shape index (κ3) is 5.94. The number of aryl methyl sites for hydroxylation is 1. The molecule has 5 rings (SSSR count). The molecule has 12 nitrogen and oxygen atoms in total. The molecule has 0 saturated carbocycles. The van der Waals surface area contributed by atoms with Crippen molar-refractivity contribution in [1.82, 2.24) is 19.8 Å². The van der Waals surface area contributed by atoms with E-state index in [-0.39, 0.29) is 25.2 Å². The Labute approximate surface area is 239 Å². The number of halogens is 2. The maximum absolute atomic E-state index is 13.7. The molecular formula is C27H27ClFN5O7. The molecule has 0 radical (unpaired) electrons. The molecule has 41 heavy (non-hydrogen) atoms. The van der Waals surface area contributed by atoms with Gasteiger partial charge in [0.15, 0.2) is 0 Å². The van der Waals surface area contributed by atoms with E-state index in [0.29, 0.717) is 29.1 Å². The quantitative estimate of drug-likeness (QED) is 0.284. The fourth-order valence-corrected chi connectivity index (χ4v) is 5.49. The van der Waals surface area contributed by atoms with Gasteiger partial charge in [-0.1, -0.05) is 28.8 Å². The monoisotopic (exact) mass is 587 g/mol. The number of carbonyl (C=O) groups is 4. The summed E-state index contributed by atoms with van der Waals surface area (Å²) in [6.45, 7) is 0.670. The molecule has 0 N–H and O–H groups in total. The average molecular weight is 588 g/mol. The van der Waals surface area contributed by atoms with Gasteiger partial charge in [0.1, 0.15) is 6.04 Å². The van der Waals surface area contributed by atoms with Crippen LogP contribution in [0.2, 0.25) is 5.02 Å². The summed E-state index contributed by atoms with van der Waals surface area (Å²) >= 11 is 5.94. The van der Waals surface area contributed by atoms with E-state index in [1.165, 1.54) is 20.3 Å². The molecule has 14 heteroatoms. The van der Waals surface area contributed by atoms with Gasteiger partial charge in [0.05, 0.1) is 11.5 Å². The summed E-state index contributed by atoms with van der Waals surface area (Å²) in [5.74, 6) is -2.09. The molecule has 1 atom stereocenters. The van der Waals surface area contributed by atoms with Crippen molar-refractivity contribution in [1.29, 1.82) is 0 Å². The number of amides is 5. The second-order valence-electron chi connectivity index (χ2n) is 10.3. The molecular weight excluding hydrogens is 561 g/mol. The summed E-state index contributed by atoms with van der Waals surface area (Å²) in [5, 5.41) is 12.2. The number of piperazine rings is 1. The molecule has 0 aromatic heterocycles. The van der Waals surface area contributed by atoms with Crippen molar-refractivity contribution in [3.05, 3.63) is 74.5 Å². The Morgan fingerprint density at radius 1 is 1.02 bits per heavy atom. The van der Waals surface area contributed by atoms with Crippen molar-refractivity contribution < 1.29 is 33.3 Å². The molecule has 3 saturated heterocycles. The van der Waals surface area contributed by atoms with E-state index in [9.17, 15) is 33.7 Å². The number of hydrogen-bond donors (Lipinski definition) is 0. The molecule has 0 bridgehead atoms. The molecule has 0 spiro atoms. The minimum absolute atomic E-state index is 0.0165. The Morgan fingerprint density at radius 3 is 2.41 bits per heavy atom. The van der Waals surface area contributed by atoms with Gasteiger partial charge < -0.3 is 19.5 Å². The Balaban J connectivity index is 1.14. The van der Waals surface area contributed by atoms with Crippen LogP contribution in [0.3, 0.4) is 0 Å². The molecule has 3 fully saturated rings. The van der Waals surface area contributed by atoms with Crippen molar-refractivity contribution >= 4 is 41.2 Å². The molecule has 1 unspecified atom stereocenters. The van der Waals surface area contributed by atoms with E-state index in [4.69, 9.17) is 16.4 Å². The normalized spacial score (nSPS) is 19.4. The fourth-order valence-electron chi connectivity index (χ4n) is 5.37. The maximum atomic E-state index is 13.7. The third-order valence-electron chi connectivity index (χ3n) is 7.76. The SMILES string of the molecule is O=C(ON1C(=O)C2CN(C(=O)c3ccc(F)c([N+](=O)[O-])c3)CCN2C1=O)N1CCC(CCc2ccc(Cl)cc2)CC1. The number of hydrogen-bond acceptors (Lipinski definition) is 7. The number of imide groups is 1. The summed E-state index contributed by atoms with van der Waals surface area (Å²) in [4.78, 5) is 71.0. The zero-order valence-corrected chi connectivity index (χ0v) is 22.7. The number of rotatable bonds is 6. The first-order valence-electron chi connectivity index (χ1n) is 13.2. The number of nitro benzene ring substituents is 1. The molecule has 3 aliphatic heterocycles. The lowest BCUT2D eigenvalue weighted by molar-refractivity contribution is -0.387. The van der Waals surface area contributed by atoms with E-state index >= 15 is 0 Å². The zero-order valence-electron chi connectivity index (χ0n) is 21.9. The topological polar surface area (TPSA) is 134 Å². The molecule has 2 aromatic carbocycles. The van der Waals surface area contributed by atoms with E-state index < -0.39 is 46.4 Å². The lowest BCUT2D eigenvalue weighted by Gasteiger charge is -2.35. The third-order valence-corrected chi connectivity index (χ3v) is 8.01. The molecule has 5 amide bonds.